The predicted molar refractivity (Wildman–Crippen MR) is 642 cm³/mol. The molecule has 0 nitrogen and oxygen atoms in total. The first-order chi connectivity index (χ1) is 74.5. The minimum Gasteiger partial charge on any atom is -0.0622 e. The molecule has 0 aliphatic carbocycles. The fourth-order valence-electron chi connectivity index (χ4n) is 22.8. The van der Waals surface area contributed by atoms with Crippen LogP contribution in [-0.2, 0) is 0 Å². The van der Waals surface area contributed by atoms with E-state index in [-0.39, 0.29) is 0 Å². The van der Waals surface area contributed by atoms with E-state index < -0.39 is 0 Å². The van der Waals surface area contributed by atoms with Gasteiger partial charge in [0.25, 0.3) is 0 Å². The van der Waals surface area contributed by atoms with Crippen molar-refractivity contribution in [1.82, 2.24) is 0 Å². The lowest BCUT2D eigenvalue weighted by molar-refractivity contribution is 1.57. The van der Waals surface area contributed by atoms with Gasteiger partial charge in [0.15, 0.2) is 0 Å². The summed E-state index contributed by atoms with van der Waals surface area (Å²) in [5.41, 5.74) is 44.2. The molecule has 0 aliphatic heterocycles. The van der Waals surface area contributed by atoms with E-state index in [0.717, 1.165) is 0 Å². The molecule has 0 radical (unpaired) electrons. The molecular formula is C150H102. The SMILES string of the molecule is c1ccc(-c2cc(-c3ccccc3)cc(-c3c4ccccc4c(-c4cc(-c5ccccc5)cc(-c5ccccc5)c4)c4ccccc34)c2)cc1.c1ccc(-c2ccc(-c3c4ccccc4c(-c4ccc(-c5ccccc5)c(-c5ccccc5)c4)c4ccccc34)cc2-c2ccccc2)cc1.c1ccc(-c2cccc(-c3ccccc3)c2-c2c3ccccc3c(-c3c(-c4ccccc4)cccc3-c3ccccc3)c3ccccc23)cc1. The normalized spacial score (nSPS) is 11.2. The summed E-state index contributed by atoms with van der Waals surface area (Å²) >= 11 is 0. The van der Waals surface area contributed by atoms with Crippen molar-refractivity contribution in [2.75, 3.05) is 0 Å². The Morgan fingerprint density at radius 2 is 0.207 bits per heavy atom. The molecule has 27 aromatic rings. The van der Waals surface area contributed by atoms with E-state index in [4.69, 9.17) is 0 Å². The molecule has 0 aromatic heterocycles. The zero-order valence-electron chi connectivity index (χ0n) is 82.9. The molecule has 0 heterocycles. The van der Waals surface area contributed by atoms with Gasteiger partial charge in [-0.3, -0.25) is 0 Å². The van der Waals surface area contributed by atoms with Crippen LogP contribution in [0.25, 0.3) is 265 Å². The Labute approximate surface area is 877 Å². The maximum Gasteiger partial charge on any atom is -0.00139 e. The first kappa shape index (κ1) is 91.7. The van der Waals surface area contributed by atoms with Crippen molar-refractivity contribution in [3.8, 4) is 200 Å². The molecule has 0 bridgehead atoms. The second kappa shape index (κ2) is 41.7. The minimum absolute atomic E-state index is 1.21. The third kappa shape index (κ3) is 18.0. The predicted octanol–water partition coefficient (Wildman–Crippen LogP) is 42.0. The van der Waals surface area contributed by atoms with Crippen LogP contribution in [0.3, 0.4) is 0 Å². The van der Waals surface area contributed by atoms with Crippen LogP contribution in [0.2, 0.25) is 0 Å². The quantitative estimate of drug-likeness (QED) is 0.0751. The van der Waals surface area contributed by atoms with Crippen molar-refractivity contribution in [1.29, 1.82) is 0 Å². The van der Waals surface area contributed by atoms with Crippen molar-refractivity contribution in [3.63, 3.8) is 0 Å². The maximum atomic E-state index is 2.40. The van der Waals surface area contributed by atoms with E-state index in [0.29, 0.717) is 0 Å². The Balaban J connectivity index is 0.000000116. The van der Waals surface area contributed by atoms with E-state index in [1.165, 1.54) is 265 Å². The topological polar surface area (TPSA) is 0 Å². The summed E-state index contributed by atoms with van der Waals surface area (Å²) in [5, 5.41) is 15.0. The van der Waals surface area contributed by atoms with Crippen LogP contribution < -0.4 is 0 Å². The summed E-state index contributed by atoms with van der Waals surface area (Å²) in [4.78, 5) is 0. The second-order valence-electron chi connectivity index (χ2n) is 38.5. The monoisotopic (exact) mass is 1900 g/mol. The Morgan fingerprint density at radius 1 is 0.0600 bits per heavy atom. The molecule has 0 fully saturated rings. The molecule has 0 spiro atoms. The second-order valence-corrected chi connectivity index (χ2v) is 38.5. The molecule has 27 rings (SSSR count). The molecule has 0 N–H and O–H groups in total. The van der Waals surface area contributed by atoms with Gasteiger partial charge in [-0.1, -0.05) is 570 Å². The average molecular weight is 1900 g/mol. The lowest BCUT2D eigenvalue weighted by atomic mass is 9.78. The summed E-state index contributed by atoms with van der Waals surface area (Å²) < 4.78 is 0. The largest absolute Gasteiger partial charge is 0.0622 e. The van der Waals surface area contributed by atoms with Gasteiger partial charge in [0.2, 0.25) is 0 Å². The van der Waals surface area contributed by atoms with Crippen LogP contribution in [0.15, 0.2) is 619 Å². The summed E-state index contributed by atoms with van der Waals surface area (Å²) in [6.45, 7) is 0. The smallest absolute Gasteiger partial charge is 0.00139 e. The highest BCUT2D eigenvalue weighted by Gasteiger charge is 2.28. The third-order valence-electron chi connectivity index (χ3n) is 29.6. The highest BCUT2D eigenvalue weighted by molar-refractivity contribution is 6.28. The van der Waals surface area contributed by atoms with Crippen molar-refractivity contribution >= 4 is 64.6 Å². The summed E-state index contributed by atoms with van der Waals surface area (Å²) in [5.74, 6) is 0. The third-order valence-corrected chi connectivity index (χ3v) is 29.6. The fraction of sp³-hybridized carbons (Fsp3) is 0. The Morgan fingerprint density at radius 3 is 0.400 bits per heavy atom. The molecule has 0 amide bonds. The van der Waals surface area contributed by atoms with Gasteiger partial charge in [0, 0.05) is 0 Å². The molecular weight excluding hydrogens is 1800 g/mol. The van der Waals surface area contributed by atoms with E-state index in [9.17, 15) is 0 Å². The molecule has 0 heteroatoms. The number of fused-ring (bicyclic) bond motifs is 6. The Bertz CT molecular complexity index is 8620. The van der Waals surface area contributed by atoms with E-state index in [1.54, 1.807) is 0 Å². The van der Waals surface area contributed by atoms with Crippen LogP contribution in [0.4, 0.5) is 0 Å². The molecule has 0 saturated heterocycles. The minimum atomic E-state index is 1.21. The van der Waals surface area contributed by atoms with Gasteiger partial charge >= 0.3 is 0 Å². The number of benzene rings is 27. The summed E-state index contributed by atoms with van der Waals surface area (Å²) in [6, 6.07) is 225. The van der Waals surface area contributed by atoms with E-state index in [1.807, 2.05) is 0 Å². The molecule has 702 valence electrons. The van der Waals surface area contributed by atoms with Gasteiger partial charge in [-0.25, -0.2) is 0 Å². The highest BCUT2D eigenvalue weighted by atomic mass is 14.3. The zero-order chi connectivity index (χ0) is 99.8. The zero-order valence-corrected chi connectivity index (χ0v) is 82.9. The van der Waals surface area contributed by atoms with Gasteiger partial charge < -0.3 is 0 Å². The fourth-order valence-corrected chi connectivity index (χ4v) is 22.8. The number of hydrogen-bond donors (Lipinski definition) is 0. The molecule has 0 aliphatic rings. The highest BCUT2D eigenvalue weighted by Crippen LogP contribution is 2.55. The van der Waals surface area contributed by atoms with E-state index >= 15 is 0 Å². The molecule has 0 unspecified atom stereocenters. The maximum absolute atomic E-state index is 2.40. The lowest BCUT2D eigenvalue weighted by Crippen LogP contribution is -1.97. The Kier molecular flexibility index (Phi) is 25.5. The molecule has 150 heavy (non-hydrogen) atoms. The van der Waals surface area contributed by atoms with Crippen molar-refractivity contribution in [2.45, 2.75) is 0 Å². The van der Waals surface area contributed by atoms with Crippen LogP contribution in [0, 0.1) is 0 Å². The first-order valence-corrected chi connectivity index (χ1v) is 51.8. The van der Waals surface area contributed by atoms with Gasteiger partial charge in [-0.05, 0) is 313 Å². The van der Waals surface area contributed by atoms with Gasteiger partial charge in [-0.2, -0.15) is 0 Å². The van der Waals surface area contributed by atoms with Crippen LogP contribution >= 0.6 is 0 Å². The van der Waals surface area contributed by atoms with Crippen molar-refractivity contribution in [2.24, 2.45) is 0 Å². The van der Waals surface area contributed by atoms with Crippen LogP contribution in [-0.4, -0.2) is 0 Å². The van der Waals surface area contributed by atoms with Crippen LogP contribution in [0.5, 0.6) is 0 Å². The van der Waals surface area contributed by atoms with E-state index in [2.05, 4.69) is 619 Å². The van der Waals surface area contributed by atoms with Crippen LogP contribution in [0.1, 0.15) is 0 Å². The van der Waals surface area contributed by atoms with Gasteiger partial charge in [-0.15, -0.1) is 0 Å². The number of rotatable bonds is 18. The van der Waals surface area contributed by atoms with Crippen molar-refractivity contribution < 1.29 is 0 Å². The molecule has 0 saturated carbocycles. The van der Waals surface area contributed by atoms with Gasteiger partial charge in [0.1, 0.15) is 0 Å². The first-order valence-electron chi connectivity index (χ1n) is 51.8. The molecule has 0 atom stereocenters. The lowest BCUT2D eigenvalue weighted by Gasteiger charge is -2.24. The summed E-state index contributed by atoms with van der Waals surface area (Å²) in [7, 11) is 0. The summed E-state index contributed by atoms with van der Waals surface area (Å²) in [6.07, 6.45) is 0. The molecule has 27 aromatic carbocycles. The number of hydrogen-bond acceptors (Lipinski definition) is 0. The average Bonchev–Trinajstić information content (AvgIpc) is 0.727. The van der Waals surface area contributed by atoms with Gasteiger partial charge in [0.05, 0.1) is 0 Å². The van der Waals surface area contributed by atoms with Crippen molar-refractivity contribution in [3.05, 3.63) is 619 Å². The standard InChI is InChI=1S/3C50H34/c1-5-19-35(20-6-1)39-31-17-32-40(36-21-7-2-8-22-36)47(39)49-43-27-13-15-29-45(43)50(46-30-16-14-28-44(46)49)48-41(37-23-9-3-10-24-37)33-18-34-42(48)38-25-11-4-12-26-38;1-5-17-35(18-6-1)39-29-40(36-19-7-2-8-20-36)32-43(31-39)49-45-25-13-15-27-47(45)50(48-28-16-14-26-46(48)49)44-33-41(37-21-9-3-10-22-37)30-42(34-44)38-23-11-4-12-24-38;1-5-17-35(18-6-1)41-31-29-39(33-47(41)37-21-9-3-10-22-37)49-43-25-13-15-27-45(43)50(46-28-16-14-26-44(46)49)40-30-32-42(36-19-7-2-8-20-36)48(34-40)38-23-11-4-12-24-38/h3*1-34H. The Hall–Kier alpha value is -19.5.